The highest BCUT2D eigenvalue weighted by Gasteiger charge is 2.15. The van der Waals surface area contributed by atoms with Crippen LogP contribution in [0.3, 0.4) is 0 Å². The number of nitrogens with zero attached hydrogens (tertiary/aromatic N) is 3. The Labute approximate surface area is 192 Å². The number of benzene rings is 1. The van der Waals surface area contributed by atoms with Crippen molar-refractivity contribution in [1.82, 2.24) is 19.6 Å². The van der Waals surface area contributed by atoms with Crippen LogP contribution in [0.25, 0.3) is 10.6 Å². The topological polar surface area (TPSA) is 96.5 Å². The van der Waals surface area contributed by atoms with Gasteiger partial charge in [-0.15, -0.1) is 11.3 Å². The minimum atomic E-state index is -3.54. The second-order valence-corrected chi connectivity index (χ2v) is 10.6. The van der Waals surface area contributed by atoms with E-state index in [-0.39, 0.29) is 4.90 Å². The standard InChI is InChI=1S/C22H27N5O3S2/c1-17-3-8-21(31-17)20-9-11-23-22(26-20)25-18-4-6-19(7-5-18)32(28,29)24-10-2-12-27-13-15-30-16-14-27/h3-9,11,24H,2,10,12-16H2,1H3,(H,23,25,26). The molecular formula is C22H27N5O3S2. The number of thiophene rings is 1. The van der Waals surface area contributed by atoms with Crippen LogP contribution in [0.5, 0.6) is 0 Å². The van der Waals surface area contributed by atoms with Gasteiger partial charge in [0.25, 0.3) is 0 Å². The fourth-order valence-electron chi connectivity index (χ4n) is 3.39. The Morgan fingerprint density at radius 3 is 2.59 bits per heavy atom. The molecule has 1 aliphatic rings. The van der Waals surface area contributed by atoms with Gasteiger partial charge in [-0.2, -0.15) is 0 Å². The molecule has 0 aliphatic carbocycles. The largest absolute Gasteiger partial charge is 0.379 e. The van der Waals surface area contributed by atoms with Gasteiger partial charge < -0.3 is 10.1 Å². The second kappa shape index (κ2) is 10.5. The van der Waals surface area contributed by atoms with Gasteiger partial charge >= 0.3 is 0 Å². The second-order valence-electron chi connectivity index (χ2n) is 7.53. The smallest absolute Gasteiger partial charge is 0.240 e. The Kier molecular flexibility index (Phi) is 7.48. The van der Waals surface area contributed by atoms with E-state index in [9.17, 15) is 8.42 Å². The van der Waals surface area contributed by atoms with Gasteiger partial charge in [0.15, 0.2) is 0 Å². The minimum absolute atomic E-state index is 0.234. The van der Waals surface area contributed by atoms with Gasteiger partial charge in [-0.1, -0.05) is 0 Å². The quantitative estimate of drug-likeness (QED) is 0.461. The number of rotatable bonds is 9. The van der Waals surface area contributed by atoms with E-state index < -0.39 is 10.0 Å². The summed E-state index contributed by atoms with van der Waals surface area (Å²) < 4.78 is 33.1. The molecule has 0 amide bonds. The number of aromatic nitrogens is 2. The van der Waals surface area contributed by atoms with Crippen LogP contribution >= 0.6 is 11.3 Å². The zero-order valence-electron chi connectivity index (χ0n) is 18.0. The fraction of sp³-hybridized carbons (Fsp3) is 0.364. The summed E-state index contributed by atoms with van der Waals surface area (Å²) in [4.78, 5) is 13.6. The van der Waals surface area contributed by atoms with Crippen molar-refractivity contribution in [3.05, 3.63) is 53.5 Å². The maximum atomic E-state index is 12.6. The molecule has 1 aromatic carbocycles. The van der Waals surface area contributed by atoms with Crippen molar-refractivity contribution >= 4 is 33.0 Å². The van der Waals surface area contributed by atoms with Crippen molar-refractivity contribution in [2.24, 2.45) is 0 Å². The van der Waals surface area contributed by atoms with Crippen molar-refractivity contribution < 1.29 is 13.2 Å². The Hall–Kier alpha value is -2.37. The fourth-order valence-corrected chi connectivity index (χ4v) is 5.30. The van der Waals surface area contributed by atoms with Gasteiger partial charge in [0.05, 0.1) is 28.7 Å². The highest BCUT2D eigenvalue weighted by Crippen LogP contribution is 2.27. The predicted octanol–water partition coefficient (Wildman–Crippen LogP) is 3.26. The Bertz CT molecular complexity index is 1130. The lowest BCUT2D eigenvalue weighted by Crippen LogP contribution is -2.38. The highest BCUT2D eigenvalue weighted by atomic mass is 32.2. The van der Waals surface area contributed by atoms with E-state index in [1.807, 2.05) is 12.1 Å². The maximum Gasteiger partial charge on any atom is 0.240 e. The van der Waals surface area contributed by atoms with Gasteiger partial charge in [0, 0.05) is 36.4 Å². The average Bonchev–Trinajstić information content (AvgIpc) is 3.24. The first kappa shape index (κ1) is 22.8. The third-order valence-corrected chi connectivity index (χ3v) is 7.62. The Morgan fingerprint density at radius 2 is 1.88 bits per heavy atom. The third kappa shape index (κ3) is 6.11. The molecule has 4 rings (SSSR count). The van der Waals surface area contributed by atoms with E-state index >= 15 is 0 Å². The van der Waals surface area contributed by atoms with Gasteiger partial charge in [-0.3, -0.25) is 4.90 Å². The maximum absolute atomic E-state index is 12.6. The third-order valence-electron chi connectivity index (χ3n) is 5.12. The molecule has 0 spiro atoms. The van der Waals surface area contributed by atoms with Gasteiger partial charge in [-0.05, 0) is 62.4 Å². The molecule has 1 saturated heterocycles. The van der Waals surface area contributed by atoms with Crippen LogP contribution in [0.4, 0.5) is 11.6 Å². The molecule has 170 valence electrons. The number of sulfonamides is 1. The van der Waals surface area contributed by atoms with Gasteiger partial charge in [-0.25, -0.2) is 23.1 Å². The Balaban J connectivity index is 1.32. The highest BCUT2D eigenvalue weighted by molar-refractivity contribution is 7.89. The molecule has 0 unspecified atom stereocenters. The van der Waals surface area contributed by atoms with E-state index in [2.05, 4.69) is 37.9 Å². The van der Waals surface area contributed by atoms with Crippen LogP contribution in [0.2, 0.25) is 0 Å². The molecule has 1 aliphatic heterocycles. The summed E-state index contributed by atoms with van der Waals surface area (Å²) >= 11 is 1.68. The van der Waals surface area contributed by atoms with Crippen LogP contribution in [-0.2, 0) is 14.8 Å². The molecule has 0 bridgehead atoms. The summed E-state index contributed by atoms with van der Waals surface area (Å²) in [5.41, 5.74) is 1.57. The first-order valence-electron chi connectivity index (χ1n) is 10.6. The van der Waals surface area contributed by atoms with E-state index in [1.165, 1.54) is 4.88 Å². The van der Waals surface area contributed by atoms with Crippen molar-refractivity contribution in [1.29, 1.82) is 0 Å². The summed E-state index contributed by atoms with van der Waals surface area (Å²) in [7, 11) is -3.54. The molecule has 3 aromatic rings. The van der Waals surface area contributed by atoms with E-state index in [0.717, 1.165) is 55.5 Å². The molecule has 1 fully saturated rings. The number of nitrogens with one attached hydrogen (secondary N) is 2. The predicted molar refractivity (Wildman–Crippen MR) is 127 cm³/mol. The number of ether oxygens (including phenoxy) is 1. The lowest BCUT2D eigenvalue weighted by atomic mass is 10.3. The molecule has 8 nitrogen and oxygen atoms in total. The monoisotopic (exact) mass is 473 g/mol. The molecular weight excluding hydrogens is 446 g/mol. The van der Waals surface area contributed by atoms with Crippen LogP contribution in [-0.4, -0.2) is 62.7 Å². The normalized spacial score (nSPS) is 15.0. The van der Waals surface area contributed by atoms with Crippen LogP contribution in [0, 0.1) is 6.92 Å². The van der Waals surface area contributed by atoms with Crippen LogP contribution < -0.4 is 10.0 Å². The van der Waals surface area contributed by atoms with Gasteiger partial charge in [0.2, 0.25) is 16.0 Å². The van der Waals surface area contributed by atoms with E-state index in [1.54, 1.807) is 41.8 Å². The van der Waals surface area contributed by atoms with E-state index in [0.29, 0.717) is 12.5 Å². The summed E-state index contributed by atoms with van der Waals surface area (Å²) in [5.74, 6) is 0.463. The van der Waals surface area contributed by atoms with E-state index in [4.69, 9.17) is 4.74 Å². The number of anilines is 2. The minimum Gasteiger partial charge on any atom is -0.379 e. The Morgan fingerprint density at radius 1 is 1.09 bits per heavy atom. The number of morpholine rings is 1. The molecule has 2 aromatic heterocycles. The summed E-state index contributed by atoms with van der Waals surface area (Å²) in [6.07, 6.45) is 2.47. The van der Waals surface area contributed by atoms with Gasteiger partial charge in [0.1, 0.15) is 0 Å². The molecule has 0 saturated carbocycles. The molecule has 2 N–H and O–H groups in total. The zero-order chi connectivity index (χ0) is 22.4. The molecule has 0 atom stereocenters. The summed E-state index contributed by atoms with van der Waals surface area (Å²) in [6.45, 7) is 6.62. The number of hydrogen-bond donors (Lipinski definition) is 2. The molecule has 3 heterocycles. The SMILES string of the molecule is Cc1ccc(-c2ccnc(Nc3ccc(S(=O)(=O)NCCCN4CCOCC4)cc3)n2)s1. The number of aryl methyl sites for hydroxylation is 1. The zero-order valence-corrected chi connectivity index (χ0v) is 19.6. The molecule has 0 radical (unpaired) electrons. The summed E-state index contributed by atoms with van der Waals surface area (Å²) in [6, 6.07) is 12.6. The first-order chi connectivity index (χ1) is 15.5. The van der Waals surface area contributed by atoms with Crippen LogP contribution in [0.1, 0.15) is 11.3 Å². The molecule has 10 heteroatoms. The summed E-state index contributed by atoms with van der Waals surface area (Å²) in [5, 5.41) is 3.14. The van der Waals surface area contributed by atoms with Crippen molar-refractivity contribution in [2.75, 3.05) is 44.7 Å². The molecule has 32 heavy (non-hydrogen) atoms. The number of hydrogen-bond acceptors (Lipinski definition) is 8. The van der Waals surface area contributed by atoms with Crippen LogP contribution in [0.15, 0.2) is 53.6 Å². The van der Waals surface area contributed by atoms with Crippen molar-refractivity contribution in [2.45, 2.75) is 18.2 Å². The lowest BCUT2D eigenvalue weighted by molar-refractivity contribution is 0.0376. The lowest BCUT2D eigenvalue weighted by Gasteiger charge is -2.26. The van der Waals surface area contributed by atoms with Crippen molar-refractivity contribution in [3.63, 3.8) is 0 Å². The average molecular weight is 474 g/mol. The van der Waals surface area contributed by atoms with Crippen molar-refractivity contribution in [3.8, 4) is 10.6 Å². The first-order valence-corrected chi connectivity index (χ1v) is 12.9.